The van der Waals surface area contributed by atoms with Gasteiger partial charge in [-0.15, -0.1) is 0 Å². The average Bonchev–Trinajstić information content (AvgIpc) is 3.52. The Balaban J connectivity index is 1.31. The van der Waals surface area contributed by atoms with E-state index in [-0.39, 0.29) is 11.5 Å². The van der Waals surface area contributed by atoms with Gasteiger partial charge in [0.05, 0.1) is 22.8 Å². The molecule has 2 aliphatic heterocycles. The number of fused-ring (bicyclic) bond motifs is 1. The first-order valence-electron chi connectivity index (χ1n) is 12.2. The molecule has 1 aromatic heterocycles. The van der Waals surface area contributed by atoms with Gasteiger partial charge in [0.1, 0.15) is 5.75 Å². The van der Waals surface area contributed by atoms with Gasteiger partial charge in [0.15, 0.2) is 0 Å². The van der Waals surface area contributed by atoms with Crippen LogP contribution in [0.4, 0.5) is 0 Å². The third-order valence-corrected chi connectivity index (χ3v) is 9.18. The van der Waals surface area contributed by atoms with E-state index in [1.165, 1.54) is 24.0 Å². The number of phenolic OH excluding ortho intramolecular Hbond substituents is 1. The van der Waals surface area contributed by atoms with Crippen LogP contribution in [0.25, 0.3) is 0 Å². The van der Waals surface area contributed by atoms with Gasteiger partial charge in [0, 0.05) is 37.3 Å². The Morgan fingerprint density at radius 1 is 1.09 bits per heavy atom. The SMILES string of the molecule is Oc1ccc2c(c1)C13CCN(CCn4cc(Br)cn4)CCC1(O)C(C2)N(CC1CC1)CC3. The van der Waals surface area contributed by atoms with Crippen LogP contribution in [0, 0.1) is 5.92 Å². The number of aromatic hydroxyl groups is 1. The van der Waals surface area contributed by atoms with Gasteiger partial charge >= 0.3 is 0 Å². The second-order valence-electron chi connectivity index (χ2n) is 10.5. The summed E-state index contributed by atoms with van der Waals surface area (Å²) >= 11 is 3.48. The highest BCUT2D eigenvalue weighted by atomic mass is 79.9. The topological polar surface area (TPSA) is 64.8 Å². The van der Waals surface area contributed by atoms with Gasteiger partial charge in [-0.05, 0) is 96.7 Å². The van der Waals surface area contributed by atoms with Crippen molar-refractivity contribution in [3.8, 4) is 5.75 Å². The fourth-order valence-corrected chi connectivity index (χ4v) is 7.17. The fraction of sp³-hybridized carbons (Fsp3) is 0.640. The summed E-state index contributed by atoms with van der Waals surface area (Å²) in [6.07, 6.45) is 10.1. The molecule has 0 amide bonds. The Morgan fingerprint density at radius 2 is 1.91 bits per heavy atom. The molecule has 2 bridgehead atoms. The molecule has 172 valence electrons. The summed E-state index contributed by atoms with van der Waals surface area (Å²) < 4.78 is 2.99. The highest BCUT2D eigenvalue weighted by Crippen LogP contribution is 2.56. The van der Waals surface area contributed by atoms with Crippen LogP contribution in [-0.4, -0.2) is 74.2 Å². The third kappa shape index (κ3) is 3.44. The zero-order valence-corrected chi connectivity index (χ0v) is 20.2. The van der Waals surface area contributed by atoms with Gasteiger partial charge in [-0.3, -0.25) is 9.58 Å². The lowest BCUT2D eigenvalue weighted by Gasteiger charge is -2.61. The zero-order chi connectivity index (χ0) is 21.9. The summed E-state index contributed by atoms with van der Waals surface area (Å²) in [5.74, 6) is 1.15. The number of nitrogens with zero attached hydrogens (tertiary/aromatic N) is 4. The number of aromatic nitrogens is 2. The number of benzene rings is 1. The third-order valence-electron chi connectivity index (χ3n) is 8.77. The van der Waals surface area contributed by atoms with Crippen molar-refractivity contribution >= 4 is 15.9 Å². The molecule has 3 atom stereocenters. The molecule has 7 heteroatoms. The molecule has 1 saturated carbocycles. The molecule has 6 nitrogen and oxygen atoms in total. The number of hydrogen-bond acceptors (Lipinski definition) is 5. The Labute approximate surface area is 198 Å². The first kappa shape index (κ1) is 21.1. The Hall–Kier alpha value is -1.41. The molecule has 4 aliphatic rings. The summed E-state index contributed by atoms with van der Waals surface area (Å²) in [6.45, 7) is 5.85. The molecule has 2 aromatic rings. The molecular weight excluding hydrogens is 468 g/mol. The number of piperidine rings is 1. The molecule has 2 aliphatic carbocycles. The maximum atomic E-state index is 12.5. The van der Waals surface area contributed by atoms with Crippen LogP contribution in [0.15, 0.2) is 35.1 Å². The van der Waals surface area contributed by atoms with Crippen LogP contribution < -0.4 is 0 Å². The highest BCUT2D eigenvalue weighted by Gasteiger charge is 2.63. The van der Waals surface area contributed by atoms with Crippen molar-refractivity contribution in [3.63, 3.8) is 0 Å². The Morgan fingerprint density at radius 3 is 2.69 bits per heavy atom. The summed E-state index contributed by atoms with van der Waals surface area (Å²) in [7, 11) is 0. The van der Waals surface area contributed by atoms with E-state index in [9.17, 15) is 10.2 Å². The Bertz CT molecular complexity index is 1010. The lowest BCUT2D eigenvalue weighted by molar-refractivity contribution is -0.149. The molecule has 2 N–H and O–H groups in total. The quantitative estimate of drug-likeness (QED) is 0.659. The predicted octanol–water partition coefficient (Wildman–Crippen LogP) is 3.16. The van der Waals surface area contributed by atoms with E-state index < -0.39 is 5.60 Å². The molecular formula is C25H33BrN4O2. The van der Waals surface area contributed by atoms with Crippen molar-refractivity contribution < 1.29 is 10.2 Å². The van der Waals surface area contributed by atoms with Crippen molar-refractivity contribution in [2.75, 3.05) is 32.7 Å². The predicted molar refractivity (Wildman–Crippen MR) is 127 cm³/mol. The van der Waals surface area contributed by atoms with Crippen molar-refractivity contribution in [1.82, 2.24) is 19.6 Å². The zero-order valence-electron chi connectivity index (χ0n) is 18.6. The number of likely N-dealkylation sites (tertiary alicyclic amines) is 2. The molecule has 2 saturated heterocycles. The maximum absolute atomic E-state index is 12.5. The summed E-state index contributed by atoms with van der Waals surface area (Å²) in [4.78, 5) is 5.12. The number of phenols is 1. The van der Waals surface area contributed by atoms with E-state index in [0.29, 0.717) is 5.75 Å². The number of hydrogen-bond donors (Lipinski definition) is 2. The van der Waals surface area contributed by atoms with Crippen LogP contribution in [-0.2, 0) is 18.4 Å². The van der Waals surface area contributed by atoms with Crippen molar-refractivity contribution in [1.29, 1.82) is 0 Å². The number of aliphatic hydroxyl groups is 1. The van der Waals surface area contributed by atoms with Crippen LogP contribution in [0.5, 0.6) is 5.75 Å². The van der Waals surface area contributed by atoms with E-state index in [2.05, 4.69) is 36.9 Å². The summed E-state index contributed by atoms with van der Waals surface area (Å²) in [5, 5.41) is 27.3. The minimum Gasteiger partial charge on any atom is -0.508 e. The Kier molecular flexibility index (Phi) is 5.17. The molecule has 32 heavy (non-hydrogen) atoms. The van der Waals surface area contributed by atoms with Gasteiger partial charge in [0.2, 0.25) is 0 Å². The second kappa shape index (κ2) is 7.83. The van der Waals surface area contributed by atoms with Crippen molar-refractivity contribution in [3.05, 3.63) is 46.2 Å². The molecule has 3 heterocycles. The molecule has 0 radical (unpaired) electrons. The lowest BCUT2D eigenvalue weighted by atomic mass is 9.52. The molecule has 0 spiro atoms. The largest absolute Gasteiger partial charge is 0.508 e. The van der Waals surface area contributed by atoms with E-state index in [4.69, 9.17) is 0 Å². The fourth-order valence-electron chi connectivity index (χ4n) is 6.84. The highest BCUT2D eigenvalue weighted by molar-refractivity contribution is 9.10. The smallest absolute Gasteiger partial charge is 0.115 e. The minimum absolute atomic E-state index is 0.177. The summed E-state index contributed by atoms with van der Waals surface area (Å²) in [5.41, 5.74) is 1.52. The van der Waals surface area contributed by atoms with Crippen LogP contribution in [0.3, 0.4) is 0 Å². The molecule has 3 unspecified atom stereocenters. The first-order valence-corrected chi connectivity index (χ1v) is 13.0. The minimum atomic E-state index is -0.746. The van der Waals surface area contributed by atoms with Crippen molar-refractivity contribution in [2.24, 2.45) is 5.92 Å². The average molecular weight is 501 g/mol. The van der Waals surface area contributed by atoms with E-state index >= 15 is 0 Å². The normalized spacial score (nSPS) is 32.9. The monoisotopic (exact) mass is 500 g/mol. The van der Waals surface area contributed by atoms with Gasteiger partial charge in [-0.2, -0.15) is 5.10 Å². The second-order valence-corrected chi connectivity index (χ2v) is 11.4. The van der Waals surface area contributed by atoms with Gasteiger partial charge in [0.25, 0.3) is 0 Å². The van der Waals surface area contributed by atoms with Gasteiger partial charge in [-0.1, -0.05) is 6.07 Å². The van der Waals surface area contributed by atoms with E-state index in [1.54, 1.807) is 0 Å². The standard InChI is InChI=1S/C25H33BrN4O2/c26-20-15-27-30(17-20)12-11-28-8-5-24-6-10-29(16-18-1-2-18)23(25(24,32)7-9-28)13-19-3-4-21(31)14-22(19)24/h3-4,14-15,17-18,23,31-32H,1-2,5-13,16H2. The summed E-state index contributed by atoms with van der Waals surface area (Å²) in [6, 6.07) is 6.07. The van der Waals surface area contributed by atoms with E-state index in [1.807, 2.05) is 29.2 Å². The van der Waals surface area contributed by atoms with E-state index in [0.717, 1.165) is 75.3 Å². The maximum Gasteiger partial charge on any atom is 0.115 e. The van der Waals surface area contributed by atoms with Crippen LogP contribution in [0.2, 0.25) is 0 Å². The molecule has 6 rings (SSSR count). The van der Waals surface area contributed by atoms with Crippen LogP contribution >= 0.6 is 15.9 Å². The van der Waals surface area contributed by atoms with Gasteiger partial charge in [-0.25, -0.2) is 0 Å². The molecule has 1 aromatic carbocycles. The lowest BCUT2D eigenvalue weighted by Crippen LogP contribution is -2.71. The number of halogens is 1. The van der Waals surface area contributed by atoms with Gasteiger partial charge < -0.3 is 15.1 Å². The molecule has 3 fully saturated rings. The van der Waals surface area contributed by atoms with Crippen LogP contribution in [0.1, 0.15) is 43.2 Å². The number of rotatable bonds is 5. The van der Waals surface area contributed by atoms with Crippen molar-refractivity contribution in [2.45, 2.75) is 62.1 Å². The first-order chi connectivity index (χ1) is 15.5.